The minimum absolute atomic E-state index is 0.0536. The van der Waals surface area contributed by atoms with Crippen molar-refractivity contribution >= 4 is 32.5 Å². The zero-order valence-corrected chi connectivity index (χ0v) is 18.2. The van der Waals surface area contributed by atoms with Crippen molar-refractivity contribution < 1.29 is 31.9 Å². The van der Waals surface area contributed by atoms with Gasteiger partial charge in [0.2, 0.25) is 0 Å². The van der Waals surface area contributed by atoms with Crippen LogP contribution in [0.5, 0.6) is 5.75 Å². The first-order valence-electron chi connectivity index (χ1n) is 9.74. The summed E-state index contributed by atoms with van der Waals surface area (Å²) in [6.45, 7) is 0.145. The van der Waals surface area contributed by atoms with Crippen LogP contribution in [0.25, 0.3) is 22.3 Å². The van der Waals surface area contributed by atoms with Crippen molar-refractivity contribution in [1.82, 2.24) is 4.98 Å². The lowest BCUT2D eigenvalue weighted by Crippen LogP contribution is -2.13. The van der Waals surface area contributed by atoms with Crippen LogP contribution in [0, 0.1) is 5.82 Å². The van der Waals surface area contributed by atoms with Gasteiger partial charge in [-0.1, -0.05) is 0 Å². The first-order chi connectivity index (χ1) is 15.7. The summed E-state index contributed by atoms with van der Waals surface area (Å²) in [5.41, 5.74) is 1.61. The van der Waals surface area contributed by atoms with Gasteiger partial charge in [-0.15, -0.1) is 0 Å². The molecule has 0 unspecified atom stereocenters. The second kappa shape index (κ2) is 8.91. The SMILES string of the molecule is CS(=O)(=O)CNc1cc2oc(-c3ccc(F)cc3)c(C(=O)O)c2cc1OCc1ccncc1. The number of aromatic nitrogens is 1. The molecular formula is C23H19FN2O6S. The minimum Gasteiger partial charge on any atom is -0.487 e. The van der Waals surface area contributed by atoms with Crippen LogP contribution in [0.4, 0.5) is 10.1 Å². The maximum atomic E-state index is 13.4. The number of fused-ring (bicyclic) bond motifs is 1. The fraction of sp³-hybridized carbons (Fsp3) is 0.130. The third-order valence-corrected chi connectivity index (χ3v) is 5.45. The molecule has 8 nitrogen and oxygen atoms in total. The van der Waals surface area contributed by atoms with Crippen LogP contribution < -0.4 is 10.1 Å². The Balaban J connectivity index is 1.83. The van der Waals surface area contributed by atoms with Crippen molar-refractivity contribution in [2.45, 2.75) is 6.61 Å². The molecule has 33 heavy (non-hydrogen) atoms. The molecule has 170 valence electrons. The van der Waals surface area contributed by atoms with Gasteiger partial charge in [-0.25, -0.2) is 17.6 Å². The van der Waals surface area contributed by atoms with Crippen LogP contribution in [0.15, 0.2) is 65.3 Å². The number of anilines is 1. The predicted molar refractivity (Wildman–Crippen MR) is 120 cm³/mol. The van der Waals surface area contributed by atoms with Gasteiger partial charge in [0.15, 0.2) is 9.84 Å². The summed E-state index contributed by atoms with van der Waals surface area (Å²) in [5.74, 6) is -1.76. The Labute approximate surface area is 188 Å². The van der Waals surface area contributed by atoms with E-state index in [-0.39, 0.29) is 40.5 Å². The number of sulfone groups is 1. The molecule has 2 heterocycles. The monoisotopic (exact) mass is 470 g/mol. The van der Waals surface area contributed by atoms with Crippen LogP contribution in [0.1, 0.15) is 15.9 Å². The number of furan rings is 1. The number of carbonyl (C=O) groups is 1. The predicted octanol–water partition coefficient (Wildman–Crippen LogP) is 4.33. The molecule has 0 saturated heterocycles. The molecule has 0 spiro atoms. The maximum Gasteiger partial charge on any atom is 0.340 e. The van der Waals surface area contributed by atoms with Gasteiger partial charge in [0.25, 0.3) is 0 Å². The quantitative estimate of drug-likeness (QED) is 0.391. The third-order valence-electron chi connectivity index (χ3n) is 4.78. The first kappa shape index (κ1) is 22.3. The lowest BCUT2D eigenvalue weighted by atomic mass is 10.0. The Morgan fingerprint density at radius 2 is 1.85 bits per heavy atom. The summed E-state index contributed by atoms with van der Waals surface area (Å²) in [6, 6.07) is 11.7. The van der Waals surface area contributed by atoms with E-state index < -0.39 is 21.6 Å². The van der Waals surface area contributed by atoms with Gasteiger partial charge in [0.05, 0.1) is 5.69 Å². The fourth-order valence-electron chi connectivity index (χ4n) is 3.25. The van der Waals surface area contributed by atoms with Crippen LogP contribution >= 0.6 is 0 Å². The zero-order chi connectivity index (χ0) is 23.6. The lowest BCUT2D eigenvalue weighted by molar-refractivity contribution is 0.0699. The standard InChI is InChI=1S/C23H19FN2O6S/c1-33(29,30)13-26-18-11-19-17(10-20(18)31-12-14-6-8-25-9-7-14)21(23(27)28)22(32-19)15-2-4-16(24)5-3-15/h2-11,26H,12-13H2,1H3,(H,27,28). The van der Waals surface area contributed by atoms with Gasteiger partial charge in [0.1, 0.15) is 41.0 Å². The Kier molecular flexibility index (Phi) is 6.01. The van der Waals surface area contributed by atoms with E-state index in [0.717, 1.165) is 11.8 Å². The number of rotatable bonds is 8. The average molecular weight is 470 g/mol. The van der Waals surface area contributed by atoms with Gasteiger partial charge >= 0.3 is 5.97 Å². The van der Waals surface area contributed by atoms with Crippen LogP contribution in [-0.4, -0.2) is 36.6 Å². The number of halogens is 1. The number of hydrogen-bond acceptors (Lipinski definition) is 7. The van der Waals surface area contributed by atoms with Crippen LogP contribution in [-0.2, 0) is 16.4 Å². The zero-order valence-electron chi connectivity index (χ0n) is 17.4. The van der Waals surface area contributed by atoms with Crippen molar-refractivity contribution in [1.29, 1.82) is 0 Å². The number of carboxylic acid groups (broad SMARTS) is 1. The number of benzene rings is 2. The number of ether oxygens (including phenoxy) is 1. The summed E-state index contributed by atoms with van der Waals surface area (Å²) < 4.78 is 48.4. The first-order valence-corrected chi connectivity index (χ1v) is 11.8. The molecule has 0 saturated carbocycles. The molecule has 0 amide bonds. The number of aromatic carboxylic acids is 1. The highest BCUT2D eigenvalue weighted by Crippen LogP contribution is 2.39. The van der Waals surface area contributed by atoms with E-state index in [1.54, 1.807) is 24.5 Å². The summed E-state index contributed by atoms with van der Waals surface area (Å²) >= 11 is 0. The van der Waals surface area contributed by atoms with E-state index in [4.69, 9.17) is 9.15 Å². The number of nitrogens with zero attached hydrogens (tertiary/aromatic N) is 1. The smallest absolute Gasteiger partial charge is 0.340 e. The number of pyridine rings is 1. The third kappa shape index (κ3) is 5.12. The molecule has 4 aromatic rings. The highest BCUT2D eigenvalue weighted by molar-refractivity contribution is 7.90. The van der Waals surface area contributed by atoms with Gasteiger partial charge < -0.3 is 19.6 Å². The maximum absolute atomic E-state index is 13.4. The Hall–Kier alpha value is -3.92. The normalized spacial score (nSPS) is 11.5. The van der Waals surface area contributed by atoms with E-state index in [1.807, 2.05) is 0 Å². The Morgan fingerprint density at radius 3 is 2.48 bits per heavy atom. The number of nitrogens with one attached hydrogen (secondary N) is 1. The lowest BCUT2D eigenvalue weighted by Gasteiger charge is -2.13. The van der Waals surface area contributed by atoms with E-state index >= 15 is 0 Å². The van der Waals surface area contributed by atoms with E-state index in [0.29, 0.717) is 11.3 Å². The topological polar surface area (TPSA) is 119 Å². The van der Waals surface area contributed by atoms with Crippen LogP contribution in [0.2, 0.25) is 0 Å². The van der Waals surface area contributed by atoms with E-state index in [9.17, 15) is 22.7 Å². The van der Waals surface area contributed by atoms with Crippen molar-refractivity contribution in [3.05, 3.63) is 77.9 Å². The number of hydrogen-bond donors (Lipinski definition) is 2. The van der Waals surface area contributed by atoms with Crippen molar-refractivity contribution in [3.8, 4) is 17.1 Å². The summed E-state index contributed by atoms with van der Waals surface area (Å²) in [7, 11) is -3.36. The largest absolute Gasteiger partial charge is 0.487 e. The number of carboxylic acids is 1. The van der Waals surface area contributed by atoms with Crippen molar-refractivity contribution in [3.63, 3.8) is 0 Å². The highest BCUT2D eigenvalue weighted by atomic mass is 32.2. The van der Waals surface area contributed by atoms with Crippen LogP contribution in [0.3, 0.4) is 0 Å². The van der Waals surface area contributed by atoms with Crippen molar-refractivity contribution in [2.75, 3.05) is 17.4 Å². The molecule has 2 aromatic carbocycles. The molecule has 4 rings (SSSR count). The van der Waals surface area contributed by atoms with E-state index in [1.165, 1.54) is 36.4 Å². The molecular weight excluding hydrogens is 451 g/mol. The molecule has 0 radical (unpaired) electrons. The second-order valence-corrected chi connectivity index (χ2v) is 9.49. The molecule has 0 aliphatic rings. The molecule has 0 aliphatic carbocycles. The molecule has 2 N–H and O–H groups in total. The van der Waals surface area contributed by atoms with Gasteiger partial charge in [-0.3, -0.25) is 4.98 Å². The minimum atomic E-state index is -3.36. The summed E-state index contributed by atoms with van der Waals surface area (Å²) in [5, 5.41) is 12.9. The second-order valence-electron chi connectivity index (χ2n) is 7.35. The molecule has 0 aliphatic heterocycles. The molecule has 0 bridgehead atoms. The Bertz CT molecular complexity index is 1420. The summed E-state index contributed by atoms with van der Waals surface area (Å²) in [4.78, 5) is 16.0. The molecule has 10 heteroatoms. The fourth-order valence-corrected chi connectivity index (χ4v) is 3.66. The van der Waals surface area contributed by atoms with E-state index in [2.05, 4.69) is 10.3 Å². The average Bonchev–Trinajstić information content (AvgIpc) is 3.15. The molecule has 0 atom stereocenters. The Morgan fingerprint density at radius 1 is 1.15 bits per heavy atom. The van der Waals surface area contributed by atoms with Crippen molar-refractivity contribution in [2.24, 2.45) is 0 Å². The van der Waals surface area contributed by atoms with Gasteiger partial charge in [-0.2, -0.15) is 0 Å². The molecule has 2 aromatic heterocycles. The molecule has 0 fully saturated rings. The summed E-state index contributed by atoms with van der Waals surface area (Å²) in [6.07, 6.45) is 4.30. The highest BCUT2D eigenvalue weighted by Gasteiger charge is 2.24. The van der Waals surface area contributed by atoms with Gasteiger partial charge in [-0.05, 0) is 48.0 Å². The van der Waals surface area contributed by atoms with Gasteiger partial charge in [0, 0.05) is 35.7 Å².